The third-order valence-electron chi connectivity index (χ3n) is 5.98. The summed E-state index contributed by atoms with van der Waals surface area (Å²) in [6, 6.07) is 16.2. The maximum Gasteiger partial charge on any atom is 0.178 e. The van der Waals surface area contributed by atoms with E-state index in [0.717, 1.165) is 44.9 Å². The van der Waals surface area contributed by atoms with E-state index in [4.69, 9.17) is 0 Å². The van der Waals surface area contributed by atoms with Crippen molar-refractivity contribution in [1.82, 2.24) is 0 Å². The number of aliphatic hydroxyl groups is 3. The van der Waals surface area contributed by atoms with Crippen LogP contribution in [0.5, 0.6) is 0 Å². The molecule has 0 aliphatic heterocycles. The van der Waals surface area contributed by atoms with Crippen molar-refractivity contribution in [3.05, 3.63) is 76.9 Å². The van der Waals surface area contributed by atoms with E-state index < -0.39 is 11.9 Å². The van der Waals surface area contributed by atoms with Gasteiger partial charge in [-0.3, -0.25) is 0 Å². The number of allylic oxidation sites excluding steroid dienone is 2. The predicted molar refractivity (Wildman–Crippen MR) is 121 cm³/mol. The second kappa shape index (κ2) is 11.3. The summed E-state index contributed by atoms with van der Waals surface area (Å²) in [7, 11) is 0. The first kappa shape index (κ1) is 23.3. The van der Waals surface area contributed by atoms with Gasteiger partial charge in [0.05, 0.1) is 5.60 Å². The van der Waals surface area contributed by atoms with Crippen LogP contribution in [-0.2, 0) is 12.8 Å². The fraction of sp³-hybridized carbons (Fsp3) is 0.462. The van der Waals surface area contributed by atoms with Gasteiger partial charge in [-0.25, -0.2) is 0 Å². The van der Waals surface area contributed by atoms with Gasteiger partial charge in [0.1, 0.15) is 0 Å². The maximum absolute atomic E-state index is 10.5. The molecule has 0 aliphatic rings. The Morgan fingerprint density at radius 3 is 2.17 bits per heavy atom. The lowest BCUT2D eigenvalue weighted by Crippen LogP contribution is -2.25. The first-order valence-corrected chi connectivity index (χ1v) is 10.9. The van der Waals surface area contributed by atoms with Crippen molar-refractivity contribution < 1.29 is 15.3 Å². The number of aryl methyl sites for hydroxylation is 2. The highest BCUT2D eigenvalue weighted by molar-refractivity contribution is 5.65. The number of benzene rings is 2. The molecule has 0 aliphatic carbocycles. The van der Waals surface area contributed by atoms with Crippen LogP contribution in [0.2, 0.25) is 0 Å². The van der Waals surface area contributed by atoms with Crippen molar-refractivity contribution in [2.24, 2.45) is 0 Å². The summed E-state index contributed by atoms with van der Waals surface area (Å²) in [5.74, 6) is 0. The molecule has 3 heteroatoms. The first-order chi connectivity index (χ1) is 13.9. The molecule has 0 amide bonds. The van der Waals surface area contributed by atoms with Crippen molar-refractivity contribution in [3.8, 4) is 0 Å². The molecule has 3 N–H and O–H groups in total. The minimum atomic E-state index is -1.41. The molecule has 2 aromatic carbocycles. The lowest BCUT2D eigenvalue weighted by atomic mass is 9.90. The predicted octanol–water partition coefficient (Wildman–Crippen LogP) is 5.58. The minimum absolute atomic E-state index is 0.520. The summed E-state index contributed by atoms with van der Waals surface area (Å²) in [5.41, 5.74) is 5.06. The van der Waals surface area contributed by atoms with Gasteiger partial charge in [0, 0.05) is 5.56 Å². The van der Waals surface area contributed by atoms with Crippen molar-refractivity contribution >= 4 is 5.57 Å². The van der Waals surface area contributed by atoms with E-state index in [1.54, 1.807) is 12.1 Å². The standard InChI is InChI=1S/C26H36O3/c1-4-22(11-8-18-26(29,5-2)6-3)24-10-7-9-21(19-24)13-12-20-14-16-23(17-15-20)25(27)28/h7,9-11,14-17,19,25,27-29H,4-6,8,12-13,18H2,1-3H3. The summed E-state index contributed by atoms with van der Waals surface area (Å²) < 4.78 is 0. The Kier molecular flexibility index (Phi) is 9.09. The van der Waals surface area contributed by atoms with Gasteiger partial charge in [-0.05, 0) is 67.2 Å². The highest BCUT2D eigenvalue weighted by Crippen LogP contribution is 2.25. The fourth-order valence-corrected chi connectivity index (χ4v) is 3.66. The van der Waals surface area contributed by atoms with Gasteiger partial charge in [-0.2, -0.15) is 0 Å². The van der Waals surface area contributed by atoms with Gasteiger partial charge in [0.25, 0.3) is 0 Å². The highest BCUT2D eigenvalue weighted by atomic mass is 16.5. The monoisotopic (exact) mass is 396 g/mol. The van der Waals surface area contributed by atoms with Crippen LogP contribution in [0.1, 0.15) is 81.4 Å². The summed E-state index contributed by atoms with van der Waals surface area (Å²) in [5, 5.41) is 28.9. The molecule has 0 unspecified atom stereocenters. The van der Waals surface area contributed by atoms with E-state index in [2.05, 4.69) is 51.1 Å². The van der Waals surface area contributed by atoms with E-state index in [9.17, 15) is 15.3 Å². The zero-order valence-electron chi connectivity index (χ0n) is 18.1. The highest BCUT2D eigenvalue weighted by Gasteiger charge is 2.20. The Bertz CT molecular complexity index is 771. The molecule has 29 heavy (non-hydrogen) atoms. The quantitative estimate of drug-likeness (QED) is 0.435. The van der Waals surface area contributed by atoms with Gasteiger partial charge in [0.2, 0.25) is 0 Å². The van der Waals surface area contributed by atoms with Crippen LogP contribution in [0.15, 0.2) is 54.6 Å². The molecule has 0 fully saturated rings. The molecule has 2 aromatic rings. The lowest BCUT2D eigenvalue weighted by Gasteiger charge is -2.24. The molecule has 0 saturated heterocycles. The summed E-state index contributed by atoms with van der Waals surface area (Å²) in [6.07, 6.45) is 7.01. The topological polar surface area (TPSA) is 60.7 Å². The largest absolute Gasteiger partial charge is 0.390 e. The van der Waals surface area contributed by atoms with Gasteiger partial charge in [0.15, 0.2) is 6.29 Å². The van der Waals surface area contributed by atoms with Gasteiger partial charge in [-0.15, -0.1) is 0 Å². The fourth-order valence-electron chi connectivity index (χ4n) is 3.66. The van der Waals surface area contributed by atoms with E-state index in [1.807, 2.05) is 12.1 Å². The van der Waals surface area contributed by atoms with Crippen molar-refractivity contribution in [3.63, 3.8) is 0 Å². The third kappa shape index (κ3) is 7.11. The molecule has 0 heterocycles. The van der Waals surface area contributed by atoms with Gasteiger partial charge in [-0.1, -0.05) is 75.4 Å². The van der Waals surface area contributed by atoms with E-state index >= 15 is 0 Å². The minimum Gasteiger partial charge on any atom is -0.390 e. The van der Waals surface area contributed by atoms with Gasteiger partial charge < -0.3 is 15.3 Å². The molecule has 0 spiro atoms. The molecule has 0 aromatic heterocycles. The number of aliphatic hydroxyl groups excluding tert-OH is 1. The van der Waals surface area contributed by atoms with E-state index in [-0.39, 0.29) is 0 Å². The van der Waals surface area contributed by atoms with E-state index in [0.29, 0.717) is 5.56 Å². The van der Waals surface area contributed by atoms with Gasteiger partial charge >= 0.3 is 0 Å². The average molecular weight is 397 g/mol. The number of rotatable bonds is 11. The molecule has 158 valence electrons. The van der Waals surface area contributed by atoms with Crippen molar-refractivity contribution in [1.29, 1.82) is 0 Å². The van der Waals surface area contributed by atoms with E-state index in [1.165, 1.54) is 22.3 Å². The molecule has 0 atom stereocenters. The Morgan fingerprint density at radius 2 is 1.59 bits per heavy atom. The van der Waals surface area contributed by atoms with Crippen LogP contribution in [0, 0.1) is 0 Å². The van der Waals surface area contributed by atoms with Crippen LogP contribution >= 0.6 is 0 Å². The third-order valence-corrected chi connectivity index (χ3v) is 5.98. The molecule has 0 radical (unpaired) electrons. The molecular formula is C26H36O3. The first-order valence-electron chi connectivity index (χ1n) is 10.9. The summed E-state index contributed by atoms with van der Waals surface area (Å²) in [4.78, 5) is 0. The Labute approximate surface area is 175 Å². The van der Waals surface area contributed by atoms with Crippen molar-refractivity contribution in [2.75, 3.05) is 0 Å². The average Bonchev–Trinajstić information content (AvgIpc) is 2.75. The maximum atomic E-state index is 10.5. The molecule has 0 bridgehead atoms. The molecule has 2 rings (SSSR count). The van der Waals surface area contributed by atoms with Crippen molar-refractivity contribution in [2.45, 2.75) is 77.6 Å². The number of hydrogen-bond donors (Lipinski definition) is 3. The molecule has 0 saturated carbocycles. The second-order valence-corrected chi connectivity index (χ2v) is 7.87. The number of hydrogen-bond acceptors (Lipinski definition) is 3. The Morgan fingerprint density at radius 1 is 0.931 bits per heavy atom. The smallest absolute Gasteiger partial charge is 0.178 e. The molecular weight excluding hydrogens is 360 g/mol. The van der Waals surface area contributed by atoms with Crippen LogP contribution in [0.4, 0.5) is 0 Å². The zero-order chi connectivity index (χ0) is 21.3. The van der Waals surface area contributed by atoms with Crippen LogP contribution < -0.4 is 0 Å². The lowest BCUT2D eigenvalue weighted by molar-refractivity contribution is -0.0424. The second-order valence-electron chi connectivity index (χ2n) is 7.87. The Balaban J connectivity index is 2.01. The Hall–Kier alpha value is -1.94. The SMILES string of the molecule is CCC(=CCCC(O)(CC)CC)c1cccc(CCc2ccc(C(O)O)cc2)c1. The van der Waals surface area contributed by atoms with Crippen LogP contribution in [0.3, 0.4) is 0 Å². The van der Waals surface area contributed by atoms with Crippen LogP contribution in [-0.4, -0.2) is 20.9 Å². The summed E-state index contributed by atoms with van der Waals surface area (Å²) in [6.45, 7) is 6.29. The summed E-state index contributed by atoms with van der Waals surface area (Å²) >= 11 is 0. The molecule has 3 nitrogen and oxygen atoms in total. The zero-order valence-corrected chi connectivity index (χ0v) is 18.1. The normalized spacial score (nSPS) is 12.6. The van der Waals surface area contributed by atoms with Crippen LogP contribution in [0.25, 0.3) is 5.57 Å².